The van der Waals surface area contributed by atoms with Crippen molar-refractivity contribution in [3.63, 3.8) is 0 Å². The van der Waals surface area contributed by atoms with E-state index in [9.17, 15) is 22.7 Å². The van der Waals surface area contributed by atoms with Crippen molar-refractivity contribution in [2.75, 3.05) is 0 Å². The summed E-state index contributed by atoms with van der Waals surface area (Å²) >= 11 is 0. The quantitative estimate of drug-likeness (QED) is 0.523. The molecule has 1 unspecified atom stereocenters. The molecule has 0 bridgehead atoms. The van der Waals surface area contributed by atoms with Crippen LogP contribution in [0.5, 0.6) is 5.75 Å². The normalized spacial score (nSPS) is 12.8. The van der Waals surface area contributed by atoms with E-state index in [0.717, 1.165) is 35.3 Å². The summed E-state index contributed by atoms with van der Waals surface area (Å²) in [4.78, 5) is 3.69. The lowest BCUT2D eigenvalue weighted by atomic mass is 10.0. The molecule has 2 aromatic heterocycles. The molecule has 2 heterocycles. The van der Waals surface area contributed by atoms with Gasteiger partial charge in [0.1, 0.15) is 17.8 Å². The molecule has 0 aliphatic rings. The molecule has 0 spiro atoms. The first-order chi connectivity index (χ1) is 13.2. The molecule has 0 fully saturated rings. The molecule has 148 valence electrons. The number of ether oxygens (including phenoxy) is 1. The topological polar surface area (TPSA) is 86.0 Å². The summed E-state index contributed by atoms with van der Waals surface area (Å²) in [5.74, 6) is -2.83. The van der Waals surface area contributed by atoms with Gasteiger partial charge in [0.2, 0.25) is 5.95 Å². The van der Waals surface area contributed by atoms with Gasteiger partial charge in [-0.15, -0.1) is 18.3 Å². The minimum absolute atomic E-state index is 0.0741. The zero-order chi connectivity index (χ0) is 20.5. The number of rotatable bonds is 5. The molecule has 0 saturated heterocycles. The van der Waals surface area contributed by atoms with Gasteiger partial charge in [0.25, 0.3) is 0 Å². The van der Waals surface area contributed by atoms with Crippen LogP contribution in [0.15, 0.2) is 30.6 Å². The van der Waals surface area contributed by atoms with Crippen LogP contribution in [0.4, 0.5) is 22.0 Å². The molecule has 3 rings (SSSR count). The van der Waals surface area contributed by atoms with Gasteiger partial charge in [-0.05, 0) is 35.0 Å². The van der Waals surface area contributed by atoms with E-state index in [-0.39, 0.29) is 23.4 Å². The minimum Gasteiger partial charge on any atom is -0.406 e. The van der Waals surface area contributed by atoms with Crippen molar-refractivity contribution in [3.05, 3.63) is 48.1 Å². The predicted octanol–water partition coefficient (Wildman–Crippen LogP) is 2.82. The zero-order valence-corrected chi connectivity index (χ0v) is 14.2. The Labute approximate surface area is 154 Å². The predicted molar refractivity (Wildman–Crippen MR) is 84.4 cm³/mol. The van der Waals surface area contributed by atoms with Crippen molar-refractivity contribution in [1.82, 2.24) is 25.2 Å². The van der Waals surface area contributed by atoms with Crippen LogP contribution < -0.4 is 4.74 Å². The molecular weight excluding hydrogens is 389 g/mol. The molecular formula is C16H12F5N5O2. The number of pyridine rings is 1. The van der Waals surface area contributed by atoms with Crippen LogP contribution in [0.2, 0.25) is 0 Å². The van der Waals surface area contributed by atoms with E-state index in [0.29, 0.717) is 0 Å². The average Bonchev–Trinajstić information content (AvgIpc) is 3.08. The van der Waals surface area contributed by atoms with Gasteiger partial charge in [-0.1, -0.05) is 12.1 Å². The lowest BCUT2D eigenvalue weighted by molar-refractivity contribution is -0.274. The number of tetrazole rings is 1. The highest BCUT2D eigenvalue weighted by Gasteiger charge is 2.31. The average molecular weight is 401 g/mol. The van der Waals surface area contributed by atoms with Crippen LogP contribution in [0.3, 0.4) is 0 Å². The van der Waals surface area contributed by atoms with Crippen molar-refractivity contribution in [2.24, 2.45) is 0 Å². The Kier molecular flexibility index (Phi) is 5.23. The van der Waals surface area contributed by atoms with Gasteiger partial charge < -0.3 is 9.84 Å². The molecule has 0 aliphatic heterocycles. The number of halogens is 5. The van der Waals surface area contributed by atoms with Crippen molar-refractivity contribution in [3.8, 4) is 22.6 Å². The first-order valence-electron chi connectivity index (χ1n) is 7.81. The second kappa shape index (κ2) is 7.46. The Morgan fingerprint density at radius 3 is 2.39 bits per heavy atom. The molecule has 7 nitrogen and oxygen atoms in total. The van der Waals surface area contributed by atoms with Gasteiger partial charge in [-0.25, -0.2) is 9.37 Å². The highest BCUT2D eigenvalue weighted by molar-refractivity contribution is 5.68. The van der Waals surface area contributed by atoms with E-state index in [1.807, 2.05) is 0 Å². The van der Waals surface area contributed by atoms with E-state index in [1.165, 1.54) is 6.92 Å². The third-order valence-corrected chi connectivity index (χ3v) is 3.58. The highest BCUT2D eigenvalue weighted by Crippen LogP contribution is 2.32. The van der Waals surface area contributed by atoms with Gasteiger partial charge in [0.15, 0.2) is 5.82 Å². The summed E-state index contributed by atoms with van der Waals surface area (Å²) in [6, 6.07) is 3.95. The molecule has 0 radical (unpaired) electrons. The Hall–Kier alpha value is -3.15. The summed E-state index contributed by atoms with van der Waals surface area (Å²) in [6.45, 7) is 1.41. The summed E-state index contributed by atoms with van der Waals surface area (Å²) in [7, 11) is 0. The minimum atomic E-state index is -4.89. The van der Waals surface area contributed by atoms with Crippen LogP contribution in [-0.4, -0.2) is 42.8 Å². The van der Waals surface area contributed by atoms with Crippen molar-refractivity contribution in [1.29, 1.82) is 0 Å². The van der Waals surface area contributed by atoms with Gasteiger partial charge in [0, 0.05) is 6.42 Å². The maximum absolute atomic E-state index is 15.2. The summed E-state index contributed by atoms with van der Waals surface area (Å²) < 4.78 is 71.1. The summed E-state index contributed by atoms with van der Waals surface area (Å²) in [6.07, 6.45) is -4.96. The molecule has 0 amide bonds. The van der Waals surface area contributed by atoms with Crippen molar-refractivity contribution < 1.29 is 31.8 Å². The van der Waals surface area contributed by atoms with Gasteiger partial charge >= 0.3 is 6.36 Å². The SMILES string of the molecule is CC(O)Cc1nc(F)c(-c2ccc(OC(F)(F)F)cc2)c(F)c1-n1cnnn1. The fraction of sp³-hybridized carbons (Fsp3) is 0.250. The van der Waals surface area contributed by atoms with Crippen LogP contribution in [0.25, 0.3) is 16.8 Å². The standard InChI is InChI=1S/C16H12F5N5O2/c1-8(27)6-11-14(26-7-22-24-25-26)13(17)12(15(18)23-11)9-2-4-10(5-3-9)28-16(19,20)21/h2-5,7-8,27H,6H2,1H3. The lowest BCUT2D eigenvalue weighted by Crippen LogP contribution is -2.17. The number of aromatic nitrogens is 5. The van der Waals surface area contributed by atoms with Gasteiger partial charge in [-0.2, -0.15) is 9.07 Å². The maximum Gasteiger partial charge on any atom is 0.573 e. The van der Waals surface area contributed by atoms with Crippen LogP contribution in [-0.2, 0) is 6.42 Å². The number of hydrogen-bond donors (Lipinski definition) is 1. The molecule has 0 saturated carbocycles. The first-order valence-corrected chi connectivity index (χ1v) is 7.81. The molecule has 3 aromatic rings. The molecule has 0 aliphatic carbocycles. The third kappa shape index (κ3) is 4.22. The van der Waals surface area contributed by atoms with E-state index >= 15 is 4.39 Å². The Bertz CT molecular complexity index is 959. The van der Waals surface area contributed by atoms with Crippen LogP contribution in [0, 0.1) is 11.8 Å². The van der Waals surface area contributed by atoms with E-state index in [4.69, 9.17) is 0 Å². The number of hydrogen-bond acceptors (Lipinski definition) is 6. The Morgan fingerprint density at radius 1 is 1.18 bits per heavy atom. The molecule has 12 heteroatoms. The number of benzene rings is 1. The second-order valence-electron chi connectivity index (χ2n) is 5.77. The van der Waals surface area contributed by atoms with Crippen LogP contribution >= 0.6 is 0 Å². The first kappa shape index (κ1) is 19.6. The fourth-order valence-corrected chi connectivity index (χ4v) is 2.55. The van der Waals surface area contributed by atoms with Crippen molar-refractivity contribution >= 4 is 0 Å². The Morgan fingerprint density at radius 2 is 1.86 bits per heavy atom. The monoisotopic (exact) mass is 401 g/mol. The fourth-order valence-electron chi connectivity index (χ4n) is 2.55. The number of aliphatic hydroxyl groups is 1. The smallest absolute Gasteiger partial charge is 0.406 e. The summed E-state index contributed by atoms with van der Waals surface area (Å²) in [5.41, 5.74) is -1.07. The molecule has 1 aromatic carbocycles. The zero-order valence-electron chi connectivity index (χ0n) is 14.2. The maximum atomic E-state index is 15.2. The second-order valence-corrected chi connectivity index (χ2v) is 5.77. The molecule has 1 N–H and O–H groups in total. The number of alkyl halides is 3. The van der Waals surface area contributed by atoms with Gasteiger partial charge in [-0.3, -0.25) is 0 Å². The summed E-state index contributed by atoms with van der Waals surface area (Å²) in [5, 5.41) is 19.9. The van der Waals surface area contributed by atoms with Crippen molar-refractivity contribution in [2.45, 2.75) is 25.8 Å². The number of nitrogens with zero attached hydrogens (tertiary/aromatic N) is 5. The van der Waals surface area contributed by atoms with Gasteiger partial charge in [0.05, 0.1) is 17.4 Å². The third-order valence-electron chi connectivity index (χ3n) is 3.58. The van der Waals surface area contributed by atoms with E-state index in [1.54, 1.807) is 0 Å². The largest absolute Gasteiger partial charge is 0.573 e. The lowest BCUT2D eigenvalue weighted by Gasteiger charge is -2.15. The Balaban J connectivity index is 2.10. The van der Waals surface area contributed by atoms with Crippen LogP contribution in [0.1, 0.15) is 12.6 Å². The molecule has 28 heavy (non-hydrogen) atoms. The molecule has 1 atom stereocenters. The number of aliphatic hydroxyl groups excluding tert-OH is 1. The van der Waals surface area contributed by atoms with E-state index < -0.39 is 35.5 Å². The highest BCUT2D eigenvalue weighted by atomic mass is 19.4. The van der Waals surface area contributed by atoms with E-state index in [2.05, 4.69) is 25.2 Å².